The highest BCUT2D eigenvalue weighted by Crippen LogP contribution is 2.17. The molecule has 0 aromatic rings. The van der Waals surface area contributed by atoms with E-state index in [-0.39, 0.29) is 12.3 Å². The molecule has 0 radical (unpaired) electrons. The molecule has 0 aromatic heterocycles. The molecule has 0 bridgehead atoms. The highest BCUT2D eigenvalue weighted by molar-refractivity contribution is 5.05. The summed E-state index contributed by atoms with van der Waals surface area (Å²) in [6.45, 7) is 9.73. The van der Waals surface area contributed by atoms with Gasteiger partial charge in [0, 0.05) is 52.0 Å². The van der Waals surface area contributed by atoms with Crippen molar-refractivity contribution in [3.63, 3.8) is 0 Å². The summed E-state index contributed by atoms with van der Waals surface area (Å²) in [5, 5.41) is 0. The predicted octanol–water partition coefficient (Wildman–Crippen LogP) is 1.45. The molecule has 2 aliphatic rings. The maximum atomic E-state index is 3.89. The lowest BCUT2D eigenvalue weighted by atomic mass is 10.3. The molecule has 0 aromatic carbocycles. The van der Waals surface area contributed by atoms with Gasteiger partial charge in [0.25, 0.3) is 0 Å². The van der Waals surface area contributed by atoms with Gasteiger partial charge in [-0.25, -0.2) is 0 Å². The van der Waals surface area contributed by atoms with E-state index in [9.17, 15) is 0 Å². The molecule has 0 amide bonds. The van der Waals surface area contributed by atoms with Crippen molar-refractivity contribution < 1.29 is 0 Å². The molecule has 2 atom stereocenters. The summed E-state index contributed by atoms with van der Waals surface area (Å²) in [6, 6.07) is 0. The van der Waals surface area contributed by atoms with Crippen LogP contribution in [0.5, 0.6) is 0 Å². The molecule has 0 saturated heterocycles. The fraction of sp³-hybridized carbons (Fsp3) is 0.429. The number of likely N-dealkylation sites (N-methyl/N-ethyl adjacent to an activating group) is 2. The van der Waals surface area contributed by atoms with Crippen molar-refractivity contribution in [2.45, 2.75) is 12.3 Å². The normalized spacial score (nSPS) is 26.3. The fourth-order valence-electron chi connectivity index (χ4n) is 2.45. The van der Waals surface area contributed by atoms with Crippen LogP contribution in [0.25, 0.3) is 0 Å². The quantitative estimate of drug-likeness (QED) is 0.681. The van der Waals surface area contributed by atoms with Gasteiger partial charge in [0.05, 0.1) is 0 Å². The van der Waals surface area contributed by atoms with Crippen LogP contribution in [0.2, 0.25) is 0 Å². The lowest BCUT2D eigenvalue weighted by Gasteiger charge is -2.32. The number of hydrogen-bond donors (Lipinski definition) is 0. The first-order valence-electron chi connectivity index (χ1n) is 6.24. The van der Waals surface area contributed by atoms with E-state index in [4.69, 9.17) is 0 Å². The molecule has 0 fully saturated rings. The van der Waals surface area contributed by atoms with Crippen molar-refractivity contribution in [2.24, 2.45) is 0 Å². The van der Waals surface area contributed by atoms with Gasteiger partial charge >= 0.3 is 0 Å². The van der Waals surface area contributed by atoms with Crippen molar-refractivity contribution in [3.8, 4) is 0 Å². The first-order valence-corrected chi connectivity index (χ1v) is 6.24. The van der Waals surface area contributed by atoms with E-state index in [1.807, 2.05) is 12.2 Å². The summed E-state index contributed by atoms with van der Waals surface area (Å²) < 4.78 is 0. The summed E-state index contributed by atoms with van der Waals surface area (Å²) in [7, 11) is 4.14. The largest absolute Gasteiger partial charge is 0.356 e. The van der Waals surface area contributed by atoms with Gasteiger partial charge in [-0.3, -0.25) is 0 Å². The van der Waals surface area contributed by atoms with Crippen LogP contribution in [0.1, 0.15) is 0 Å². The molecule has 0 N–H and O–H groups in total. The van der Waals surface area contributed by atoms with Crippen LogP contribution in [-0.2, 0) is 0 Å². The molecular weight excluding hydrogens is 224 g/mol. The van der Waals surface area contributed by atoms with E-state index in [1.165, 1.54) is 0 Å². The minimum Gasteiger partial charge on any atom is -0.356 e. The molecule has 18 heavy (non-hydrogen) atoms. The molecule has 2 rings (SSSR count). The molecule has 2 aliphatic heterocycles. The van der Waals surface area contributed by atoms with Crippen molar-refractivity contribution in [1.82, 2.24) is 19.6 Å². The summed E-state index contributed by atoms with van der Waals surface area (Å²) in [6.07, 6.45) is 12.9. The second-order valence-electron chi connectivity index (χ2n) is 4.70. The molecule has 4 nitrogen and oxygen atoms in total. The molecule has 2 unspecified atom stereocenters. The van der Waals surface area contributed by atoms with Gasteiger partial charge in [0.1, 0.15) is 12.3 Å². The van der Waals surface area contributed by atoms with Crippen molar-refractivity contribution in [2.75, 3.05) is 27.2 Å². The third-order valence-electron chi connectivity index (χ3n) is 3.54. The van der Waals surface area contributed by atoms with Crippen molar-refractivity contribution in [1.29, 1.82) is 0 Å². The second-order valence-corrected chi connectivity index (χ2v) is 4.70. The van der Waals surface area contributed by atoms with Crippen LogP contribution in [0.4, 0.5) is 0 Å². The van der Waals surface area contributed by atoms with Crippen molar-refractivity contribution in [3.05, 3.63) is 50.1 Å². The average molecular weight is 246 g/mol. The first-order chi connectivity index (χ1) is 8.67. The molecule has 4 heteroatoms. The van der Waals surface area contributed by atoms with Gasteiger partial charge in [0.15, 0.2) is 0 Å². The van der Waals surface area contributed by atoms with Gasteiger partial charge in [-0.15, -0.1) is 0 Å². The Bertz CT molecular complexity index is 338. The Labute approximate surface area is 110 Å². The molecule has 0 spiro atoms. The Kier molecular flexibility index (Phi) is 3.65. The lowest BCUT2D eigenvalue weighted by molar-refractivity contribution is 0.173. The van der Waals surface area contributed by atoms with Gasteiger partial charge in [-0.2, -0.15) is 0 Å². The first kappa shape index (κ1) is 12.6. The second kappa shape index (κ2) is 5.21. The van der Waals surface area contributed by atoms with Gasteiger partial charge in [-0.1, -0.05) is 13.2 Å². The Morgan fingerprint density at radius 3 is 1.56 bits per heavy atom. The Morgan fingerprint density at radius 1 is 0.833 bits per heavy atom. The highest BCUT2D eigenvalue weighted by Gasteiger charge is 2.23. The molecular formula is C14H22N4. The molecule has 0 aliphatic carbocycles. The van der Waals surface area contributed by atoms with Crippen LogP contribution in [0.15, 0.2) is 50.1 Å². The summed E-state index contributed by atoms with van der Waals surface area (Å²) in [4.78, 5) is 8.90. The van der Waals surface area contributed by atoms with E-state index in [2.05, 4.69) is 71.7 Å². The Balaban J connectivity index is 1.89. The summed E-state index contributed by atoms with van der Waals surface area (Å²) in [5.74, 6) is 0. The van der Waals surface area contributed by atoms with Crippen LogP contribution in [-0.4, -0.2) is 59.1 Å². The number of nitrogens with zero attached hydrogens (tertiary/aromatic N) is 4. The maximum absolute atomic E-state index is 3.89. The van der Waals surface area contributed by atoms with Crippen LogP contribution < -0.4 is 0 Å². The Morgan fingerprint density at radius 2 is 1.22 bits per heavy atom. The zero-order valence-electron chi connectivity index (χ0n) is 11.2. The minimum absolute atomic E-state index is 0.275. The van der Waals surface area contributed by atoms with E-state index in [1.54, 1.807) is 0 Å². The standard InChI is InChI=1S/C14H22N4/c1-5-13-15(3)7-9-17(13)11-12-18-10-8-16(4)14(18)6-2/h5-10,13-14H,1-2,11-12H2,3-4H3. The number of hydrogen-bond acceptors (Lipinski definition) is 4. The van der Waals surface area contributed by atoms with Gasteiger partial charge in [-0.05, 0) is 12.2 Å². The topological polar surface area (TPSA) is 13.0 Å². The van der Waals surface area contributed by atoms with Gasteiger partial charge < -0.3 is 19.6 Å². The zero-order valence-corrected chi connectivity index (χ0v) is 11.2. The maximum Gasteiger partial charge on any atom is 0.120 e. The van der Waals surface area contributed by atoms with E-state index in [0.717, 1.165) is 13.1 Å². The average Bonchev–Trinajstić information content (AvgIpc) is 2.89. The summed E-state index contributed by atoms with van der Waals surface area (Å²) >= 11 is 0. The van der Waals surface area contributed by atoms with Crippen LogP contribution in [0, 0.1) is 0 Å². The third-order valence-corrected chi connectivity index (χ3v) is 3.54. The minimum atomic E-state index is 0.275. The van der Waals surface area contributed by atoms with E-state index in [0.29, 0.717) is 0 Å². The van der Waals surface area contributed by atoms with Crippen molar-refractivity contribution >= 4 is 0 Å². The summed E-state index contributed by atoms with van der Waals surface area (Å²) in [5.41, 5.74) is 0. The SMILES string of the molecule is C=CC1N(C)C=CN1CCN1C=CN(C)C1C=C. The predicted molar refractivity (Wildman–Crippen MR) is 75.2 cm³/mol. The van der Waals surface area contributed by atoms with E-state index < -0.39 is 0 Å². The monoisotopic (exact) mass is 246 g/mol. The molecule has 98 valence electrons. The highest BCUT2D eigenvalue weighted by atomic mass is 15.4. The fourth-order valence-corrected chi connectivity index (χ4v) is 2.45. The van der Waals surface area contributed by atoms with E-state index >= 15 is 0 Å². The Hall–Kier alpha value is -1.84. The van der Waals surface area contributed by atoms with Crippen LogP contribution in [0.3, 0.4) is 0 Å². The number of rotatable bonds is 5. The molecule has 0 saturated carbocycles. The zero-order chi connectivity index (χ0) is 13.1. The lowest BCUT2D eigenvalue weighted by Crippen LogP contribution is -2.42. The smallest absolute Gasteiger partial charge is 0.120 e. The van der Waals surface area contributed by atoms with Gasteiger partial charge in [0.2, 0.25) is 0 Å². The molecule has 2 heterocycles. The third kappa shape index (κ3) is 2.23. The van der Waals surface area contributed by atoms with Crippen LogP contribution >= 0.6 is 0 Å².